The van der Waals surface area contributed by atoms with E-state index in [1.807, 2.05) is 6.07 Å². The molecule has 1 unspecified atom stereocenters. The van der Waals surface area contributed by atoms with Gasteiger partial charge < -0.3 is 16.0 Å². The highest BCUT2D eigenvalue weighted by molar-refractivity contribution is 6.01. The largest absolute Gasteiger partial charge is 0.326 e. The molecule has 1 aliphatic heterocycles. The Morgan fingerprint density at radius 1 is 1.53 bits per heavy atom. The van der Waals surface area contributed by atoms with Gasteiger partial charge >= 0.3 is 0 Å². The second-order valence-corrected chi connectivity index (χ2v) is 4.25. The number of hydrogen-bond donors (Lipinski definition) is 2. The van der Waals surface area contributed by atoms with Gasteiger partial charge in [-0.2, -0.15) is 0 Å². The Morgan fingerprint density at radius 2 is 2.24 bits per heavy atom. The van der Waals surface area contributed by atoms with Gasteiger partial charge in [0.15, 0.2) is 0 Å². The fraction of sp³-hybridized carbons (Fsp3) is 0.333. The number of nitrogens with one attached hydrogen (secondary N) is 1. The number of benzene rings is 1. The van der Waals surface area contributed by atoms with Crippen molar-refractivity contribution in [2.24, 2.45) is 5.73 Å². The number of carbonyl (C=O) groups is 2. The highest BCUT2D eigenvalue weighted by atomic mass is 16.2. The standard InChI is InChI=1S/C12H15N3O2/c1-7(13)12(17)15(2)9-3-4-10-8(5-9)6-11(16)14-10/h3-5,7H,6,13H2,1-2H3,(H,14,16). The fourth-order valence-electron chi connectivity index (χ4n) is 1.86. The summed E-state index contributed by atoms with van der Waals surface area (Å²) >= 11 is 0. The first-order valence-corrected chi connectivity index (χ1v) is 5.45. The minimum atomic E-state index is -0.534. The van der Waals surface area contributed by atoms with Crippen LogP contribution < -0.4 is 16.0 Å². The Morgan fingerprint density at radius 3 is 2.88 bits per heavy atom. The Bertz CT molecular complexity index is 483. The molecule has 3 N–H and O–H groups in total. The van der Waals surface area contributed by atoms with Crippen molar-refractivity contribution in [2.45, 2.75) is 19.4 Å². The third-order valence-corrected chi connectivity index (χ3v) is 2.82. The molecule has 1 heterocycles. The predicted octanol–water partition coefficient (Wildman–Crippen LogP) is 0.491. The second kappa shape index (κ2) is 4.18. The highest BCUT2D eigenvalue weighted by Gasteiger charge is 2.20. The Kier molecular flexibility index (Phi) is 2.85. The molecular formula is C12H15N3O2. The van der Waals surface area contributed by atoms with Gasteiger partial charge in [0, 0.05) is 18.4 Å². The van der Waals surface area contributed by atoms with Crippen molar-refractivity contribution in [1.29, 1.82) is 0 Å². The van der Waals surface area contributed by atoms with Crippen LogP contribution in [0.1, 0.15) is 12.5 Å². The van der Waals surface area contributed by atoms with Gasteiger partial charge in [-0.1, -0.05) is 0 Å². The van der Waals surface area contributed by atoms with E-state index in [0.717, 1.165) is 16.9 Å². The zero-order valence-electron chi connectivity index (χ0n) is 9.86. The Hall–Kier alpha value is -1.88. The van der Waals surface area contributed by atoms with Gasteiger partial charge in [-0.15, -0.1) is 0 Å². The molecule has 1 aromatic carbocycles. The first kappa shape index (κ1) is 11.6. The van der Waals surface area contributed by atoms with Crippen LogP contribution >= 0.6 is 0 Å². The van der Waals surface area contributed by atoms with Crippen LogP contribution in [0, 0.1) is 0 Å². The van der Waals surface area contributed by atoms with Crippen LogP contribution in [-0.2, 0) is 16.0 Å². The maximum Gasteiger partial charge on any atom is 0.243 e. The molecule has 0 saturated heterocycles. The third-order valence-electron chi connectivity index (χ3n) is 2.82. The topological polar surface area (TPSA) is 75.4 Å². The van der Waals surface area contributed by atoms with Crippen LogP contribution in [0.2, 0.25) is 0 Å². The van der Waals surface area contributed by atoms with Gasteiger partial charge in [0.2, 0.25) is 11.8 Å². The SMILES string of the molecule is CC(N)C(=O)N(C)c1ccc2c(c1)CC(=O)N2. The van der Waals surface area contributed by atoms with Gasteiger partial charge in [-0.05, 0) is 30.7 Å². The van der Waals surface area contributed by atoms with Crippen LogP contribution in [-0.4, -0.2) is 24.9 Å². The molecular weight excluding hydrogens is 218 g/mol. The van der Waals surface area contributed by atoms with Crippen molar-refractivity contribution in [3.63, 3.8) is 0 Å². The van der Waals surface area contributed by atoms with E-state index in [1.54, 1.807) is 26.1 Å². The summed E-state index contributed by atoms with van der Waals surface area (Å²) < 4.78 is 0. The maximum atomic E-state index is 11.7. The van der Waals surface area contributed by atoms with Gasteiger partial charge in [-0.3, -0.25) is 9.59 Å². The lowest BCUT2D eigenvalue weighted by Crippen LogP contribution is -2.39. The number of hydrogen-bond acceptors (Lipinski definition) is 3. The van der Waals surface area contributed by atoms with E-state index >= 15 is 0 Å². The summed E-state index contributed by atoms with van der Waals surface area (Å²) in [4.78, 5) is 24.4. The van der Waals surface area contributed by atoms with Crippen LogP contribution in [0.4, 0.5) is 11.4 Å². The van der Waals surface area contributed by atoms with Crippen LogP contribution in [0.25, 0.3) is 0 Å². The van der Waals surface area contributed by atoms with Crippen molar-refractivity contribution in [3.05, 3.63) is 23.8 Å². The molecule has 17 heavy (non-hydrogen) atoms. The van der Waals surface area contributed by atoms with Gasteiger partial charge in [0.05, 0.1) is 12.5 Å². The molecule has 0 spiro atoms. The monoisotopic (exact) mass is 233 g/mol. The van der Waals surface area contributed by atoms with E-state index in [0.29, 0.717) is 6.42 Å². The number of rotatable bonds is 2. The molecule has 0 bridgehead atoms. The van der Waals surface area contributed by atoms with E-state index in [4.69, 9.17) is 5.73 Å². The number of fused-ring (bicyclic) bond motifs is 1. The van der Waals surface area contributed by atoms with E-state index in [-0.39, 0.29) is 11.8 Å². The van der Waals surface area contributed by atoms with Crippen molar-refractivity contribution in [3.8, 4) is 0 Å². The molecule has 2 rings (SSSR count). The molecule has 1 aromatic rings. The van der Waals surface area contributed by atoms with E-state index in [9.17, 15) is 9.59 Å². The molecule has 0 fully saturated rings. The quantitative estimate of drug-likeness (QED) is 0.780. The van der Waals surface area contributed by atoms with Crippen molar-refractivity contribution in [2.75, 3.05) is 17.3 Å². The van der Waals surface area contributed by atoms with Crippen LogP contribution in [0.3, 0.4) is 0 Å². The van der Waals surface area contributed by atoms with Crippen molar-refractivity contribution >= 4 is 23.2 Å². The number of likely N-dealkylation sites (N-methyl/N-ethyl adjacent to an activating group) is 1. The van der Waals surface area contributed by atoms with E-state index in [2.05, 4.69) is 5.32 Å². The summed E-state index contributed by atoms with van der Waals surface area (Å²) in [5.74, 6) is -0.166. The zero-order valence-corrected chi connectivity index (χ0v) is 9.86. The summed E-state index contributed by atoms with van der Waals surface area (Å²) in [5, 5.41) is 2.75. The van der Waals surface area contributed by atoms with Gasteiger partial charge in [0.25, 0.3) is 0 Å². The summed E-state index contributed by atoms with van der Waals surface area (Å²) in [6.45, 7) is 1.65. The summed E-state index contributed by atoms with van der Waals surface area (Å²) in [5.41, 5.74) is 8.04. The molecule has 0 radical (unpaired) electrons. The van der Waals surface area contributed by atoms with E-state index < -0.39 is 6.04 Å². The fourth-order valence-corrected chi connectivity index (χ4v) is 1.86. The number of amides is 2. The molecule has 1 aliphatic rings. The normalized spacial score (nSPS) is 15.1. The maximum absolute atomic E-state index is 11.7. The third kappa shape index (κ3) is 2.14. The molecule has 0 saturated carbocycles. The lowest BCUT2D eigenvalue weighted by atomic mass is 10.1. The highest BCUT2D eigenvalue weighted by Crippen LogP contribution is 2.27. The molecule has 0 aromatic heterocycles. The predicted molar refractivity (Wildman–Crippen MR) is 65.8 cm³/mol. The van der Waals surface area contributed by atoms with Gasteiger partial charge in [0.1, 0.15) is 0 Å². The average molecular weight is 233 g/mol. The minimum absolute atomic E-state index is 0.0154. The first-order chi connectivity index (χ1) is 7.99. The van der Waals surface area contributed by atoms with E-state index in [1.165, 1.54) is 4.90 Å². The summed E-state index contributed by atoms with van der Waals surface area (Å²) in [6, 6.07) is 4.91. The molecule has 5 heteroatoms. The number of nitrogens with two attached hydrogens (primary N) is 1. The van der Waals surface area contributed by atoms with Crippen LogP contribution in [0.5, 0.6) is 0 Å². The Balaban J connectivity index is 2.27. The molecule has 0 aliphatic carbocycles. The number of nitrogens with zero attached hydrogens (tertiary/aromatic N) is 1. The Labute approximate surface area is 99.6 Å². The second-order valence-electron chi connectivity index (χ2n) is 4.25. The van der Waals surface area contributed by atoms with Crippen molar-refractivity contribution < 1.29 is 9.59 Å². The molecule has 90 valence electrons. The van der Waals surface area contributed by atoms with Gasteiger partial charge in [-0.25, -0.2) is 0 Å². The molecule has 2 amide bonds. The molecule has 1 atom stereocenters. The smallest absolute Gasteiger partial charge is 0.243 e. The molecule has 5 nitrogen and oxygen atoms in total. The lowest BCUT2D eigenvalue weighted by molar-refractivity contribution is -0.119. The minimum Gasteiger partial charge on any atom is -0.326 e. The average Bonchev–Trinajstić information content (AvgIpc) is 2.65. The summed E-state index contributed by atoms with van der Waals surface area (Å²) in [7, 11) is 1.68. The van der Waals surface area contributed by atoms with Crippen molar-refractivity contribution in [1.82, 2.24) is 0 Å². The summed E-state index contributed by atoms with van der Waals surface area (Å²) in [6.07, 6.45) is 0.364. The number of anilines is 2. The zero-order chi connectivity index (χ0) is 12.6. The van der Waals surface area contributed by atoms with Crippen LogP contribution in [0.15, 0.2) is 18.2 Å². The first-order valence-electron chi connectivity index (χ1n) is 5.45. The number of carbonyl (C=O) groups excluding carboxylic acids is 2. The lowest BCUT2D eigenvalue weighted by Gasteiger charge is -2.20.